The van der Waals surface area contributed by atoms with E-state index in [1.165, 1.54) is 10.4 Å². The maximum atomic E-state index is 13.6. The van der Waals surface area contributed by atoms with E-state index in [0.717, 1.165) is 25.0 Å². The topological polar surface area (TPSA) is 83.6 Å². The molecule has 1 aromatic carbocycles. The number of hydrogen-bond acceptors (Lipinski definition) is 4. The molecule has 0 bridgehead atoms. The maximum Gasteiger partial charge on any atom is 0.243 e. The lowest BCUT2D eigenvalue weighted by molar-refractivity contribution is 0.155. The van der Waals surface area contributed by atoms with Gasteiger partial charge in [-0.2, -0.15) is 4.31 Å². The Kier molecular flexibility index (Phi) is 4.92. The van der Waals surface area contributed by atoms with Gasteiger partial charge in [0, 0.05) is 18.2 Å². The zero-order valence-corrected chi connectivity index (χ0v) is 13.0. The number of nitrogens with two attached hydrogens (primary N) is 1. The molecule has 0 aromatic heterocycles. The van der Waals surface area contributed by atoms with Crippen LogP contribution in [0.3, 0.4) is 0 Å². The Balaban J connectivity index is 2.43. The predicted octanol–water partition coefficient (Wildman–Crippen LogP) is 0.995. The van der Waals surface area contributed by atoms with Gasteiger partial charge in [-0.15, -0.1) is 0 Å². The third-order valence-electron chi connectivity index (χ3n) is 3.59. The van der Waals surface area contributed by atoms with Crippen LogP contribution in [0, 0.1) is 5.82 Å². The molecule has 1 saturated heterocycles. The Morgan fingerprint density at radius 3 is 2.81 bits per heavy atom. The first-order chi connectivity index (χ1) is 9.87. The van der Waals surface area contributed by atoms with Crippen LogP contribution in [0.4, 0.5) is 4.39 Å². The van der Waals surface area contributed by atoms with Crippen molar-refractivity contribution in [3.8, 4) is 0 Å². The third-order valence-corrected chi connectivity index (χ3v) is 5.76. The second-order valence-corrected chi connectivity index (χ2v) is 7.28. The summed E-state index contributed by atoms with van der Waals surface area (Å²) in [5.74, 6) is -0.654. The van der Waals surface area contributed by atoms with Crippen molar-refractivity contribution < 1.29 is 17.9 Å². The monoisotopic (exact) mass is 332 g/mol. The Bertz CT molecular complexity index is 649. The molecule has 0 radical (unpaired) electrons. The summed E-state index contributed by atoms with van der Waals surface area (Å²) in [4.78, 5) is -0.256. The van der Waals surface area contributed by atoms with Crippen molar-refractivity contribution in [2.75, 3.05) is 13.2 Å². The van der Waals surface area contributed by atoms with Gasteiger partial charge in [-0.3, -0.25) is 0 Å². The van der Waals surface area contributed by atoms with Gasteiger partial charge < -0.3 is 10.8 Å². The standard InChI is InChI=1S/C13H17FN2O3S2/c14-12-5-4-10(7-11(12)13(15)20)21(18,19)16-6-2-1-3-9(16)8-17/h4-5,7,9,17H,1-3,6,8H2,(H2,15,20). The second kappa shape index (κ2) is 6.35. The average molecular weight is 332 g/mol. The lowest BCUT2D eigenvalue weighted by Gasteiger charge is -2.33. The minimum Gasteiger partial charge on any atom is -0.395 e. The number of hydrogen-bond donors (Lipinski definition) is 2. The Hall–Kier alpha value is -1.09. The summed E-state index contributed by atoms with van der Waals surface area (Å²) in [6.07, 6.45) is 2.22. The predicted molar refractivity (Wildman–Crippen MR) is 80.9 cm³/mol. The molecule has 21 heavy (non-hydrogen) atoms. The molecule has 0 spiro atoms. The van der Waals surface area contributed by atoms with Crippen LogP contribution in [0.2, 0.25) is 0 Å². The Labute approximate surface area is 128 Å². The summed E-state index contributed by atoms with van der Waals surface area (Å²) in [5.41, 5.74) is 5.31. The molecule has 2 rings (SSSR count). The number of aliphatic hydroxyl groups is 1. The van der Waals surface area contributed by atoms with Crippen molar-refractivity contribution in [2.24, 2.45) is 5.73 Å². The summed E-state index contributed by atoms with van der Waals surface area (Å²) in [5, 5.41) is 9.35. The average Bonchev–Trinajstić information content (AvgIpc) is 2.47. The van der Waals surface area contributed by atoms with E-state index in [1.807, 2.05) is 0 Å². The summed E-state index contributed by atoms with van der Waals surface area (Å²) in [6.45, 7) is 0.107. The van der Waals surface area contributed by atoms with E-state index >= 15 is 0 Å². The molecule has 1 aliphatic heterocycles. The van der Waals surface area contributed by atoms with Gasteiger partial charge in [-0.05, 0) is 31.0 Å². The quantitative estimate of drug-likeness (QED) is 0.804. The lowest BCUT2D eigenvalue weighted by Crippen LogP contribution is -2.45. The van der Waals surface area contributed by atoms with Crippen molar-refractivity contribution in [3.05, 3.63) is 29.6 Å². The number of nitrogens with zero attached hydrogens (tertiary/aromatic N) is 1. The summed E-state index contributed by atoms with van der Waals surface area (Å²) >= 11 is 4.72. The van der Waals surface area contributed by atoms with Gasteiger partial charge in [-0.1, -0.05) is 18.6 Å². The van der Waals surface area contributed by atoms with Gasteiger partial charge in [0.25, 0.3) is 0 Å². The molecule has 0 aliphatic carbocycles. The smallest absolute Gasteiger partial charge is 0.243 e. The third kappa shape index (κ3) is 3.23. The van der Waals surface area contributed by atoms with Gasteiger partial charge in [-0.25, -0.2) is 12.8 Å². The number of aliphatic hydroxyl groups excluding tert-OH is 1. The fourth-order valence-electron chi connectivity index (χ4n) is 2.46. The van der Waals surface area contributed by atoms with E-state index in [0.29, 0.717) is 13.0 Å². The number of piperidine rings is 1. The van der Waals surface area contributed by atoms with E-state index in [9.17, 15) is 17.9 Å². The lowest BCUT2D eigenvalue weighted by atomic mass is 10.1. The summed E-state index contributed by atoms with van der Waals surface area (Å²) in [7, 11) is -3.80. The normalized spacial score (nSPS) is 20.4. The van der Waals surface area contributed by atoms with Crippen LogP contribution in [-0.4, -0.2) is 42.0 Å². The first-order valence-corrected chi connectivity index (χ1v) is 8.45. The van der Waals surface area contributed by atoms with Crippen LogP contribution >= 0.6 is 12.2 Å². The minimum atomic E-state index is -3.80. The van der Waals surface area contributed by atoms with E-state index in [1.54, 1.807) is 0 Å². The fraction of sp³-hybridized carbons (Fsp3) is 0.462. The summed E-state index contributed by atoms with van der Waals surface area (Å²) < 4.78 is 40.2. The molecule has 1 fully saturated rings. The van der Waals surface area contributed by atoms with E-state index in [4.69, 9.17) is 18.0 Å². The molecular weight excluding hydrogens is 315 g/mol. The van der Waals surface area contributed by atoms with Crippen LogP contribution in [-0.2, 0) is 10.0 Å². The molecule has 1 aliphatic rings. The fourth-order valence-corrected chi connectivity index (χ4v) is 4.33. The Morgan fingerprint density at radius 1 is 1.48 bits per heavy atom. The SMILES string of the molecule is NC(=S)c1cc(S(=O)(=O)N2CCCCC2CO)ccc1F. The molecule has 116 valence electrons. The number of sulfonamides is 1. The molecule has 0 saturated carbocycles. The number of halogens is 1. The molecule has 1 heterocycles. The number of benzene rings is 1. The summed E-state index contributed by atoms with van der Waals surface area (Å²) in [6, 6.07) is 2.94. The molecule has 3 N–H and O–H groups in total. The van der Waals surface area contributed by atoms with E-state index in [2.05, 4.69) is 0 Å². The van der Waals surface area contributed by atoms with Gasteiger partial charge in [0.15, 0.2) is 0 Å². The first kappa shape index (κ1) is 16.3. The zero-order chi connectivity index (χ0) is 15.6. The zero-order valence-electron chi connectivity index (χ0n) is 11.3. The van der Waals surface area contributed by atoms with Crippen LogP contribution in [0.15, 0.2) is 23.1 Å². The molecule has 1 aromatic rings. The van der Waals surface area contributed by atoms with Crippen LogP contribution in [0.25, 0.3) is 0 Å². The maximum absolute atomic E-state index is 13.6. The molecule has 8 heteroatoms. The molecule has 0 amide bonds. The van der Waals surface area contributed by atoms with Crippen molar-refractivity contribution in [1.29, 1.82) is 0 Å². The minimum absolute atomic E-state index is 0.0629. The van der Waals surface area contributed by atoms with Crippen molar-refractivity contribution in [3.63, 3.8) is 0 Å². The van der Waals surface area contributed by atoms with Gasteiger partial charge in [0.05, 0.1) is 11.5 Å². The molecule has 1 unspecified atom stereocenters. The highest BCUT2D eigenvalue weighted by atomic mass is 32.2. The number of thiocarbonyl (C=S) groups is 1. The molecular formula is C13H17FN2O3S2. The van der Waals surface area contributed by atoms with E-state index < -0.39 is 21.9 Å². The van der Waals surface area contributed by atoms with Gasteiger partial charge >= 0.3 is 0 Å². The van der Waals surface area contributed by atoms with Crippen molar-refractivity contribution >= 4 is 27.2 Å². The first-order valence-electron chi connectivity index (χ1n) is 6.60. The van der Waals surface area contributed by atoms with Crippen LogP contribution < -0.4 is 5.73 Å². The molecule has 1 atom stereocenters. The highest BCUT2D eigenvalue weighted by Crippen LogP contribution is 2.26. The van der Waals surface area contributed by atoms with Crippen molar-refractivity contribution in [1.82, 2.24) is 4.31 Å². The Morgan fingerprint density at radius 2 is 2.19 bits per heavy atom. The molecule has 5 nitrogen and oxygen atoms in total. The van der Waals surface area contributed by atoms with Gasteiger partial charge in [0.1, 0.15) is 10.8 Å². The van der Waals surface area contributed by atoms with Crippen molar-refractivity contribution in [2.45, 2.75) is 30.2 Å². The highest BCUT2D eigenvalue weighted by molar-refractivity contribution is 7.89. The van der Waals surface area contributed by atoms with Gasteiger partial charge in [0.2, 0.25) is 10.0 Å². The van der Waals surface area contributed by atoms with Crippen LogP contribution in [0.5, 0.6) is 0 Å². The van der Waals surface area contributed by atoms with Crippen LogP contribution in [0.1, 0.15) is 24.8 Å². The highest BCUT2D eigenvalue weighted by Gasteiger charge is 2.33. The number of rotatable bonds is 4. The largest absolute Gasteiger partial charge is 0.395 e. The second-order valence-electron chi connectivity index (χ2n) is 4.95. The van der Waals surface area contributed by atoms with E-state index in [-0.39, 0.29) is 22.1 Å².